The lowest BCUT2D eigenvalue weighted by Gasteiger charge is -2.15. The van der Waals surface area contributed by atoms with Gasteiger partial charge in [-0.2, -0.15) is 0 Å². The summed E-state index contributed by atoms with van der Waals surface area (Å²) in [6.45, 7) is 1.90. The minimum Gasteiger partial charge on any atom is -0.497 e. The van der Waals surface area contributed by atoms with Crippen LogP contribution in [0.15, 0.2) is 36.4 Å². The van der Waals surface area contributed by atoms with Crippen molar-refractivity contribution in [3.05, 3.63) is 52.1 Å². The summed E-state index contributed by atoms with van der Waals surface area (Å²) in [7, 11) is 3.13. The lowest BCUT2D eigenvalue weighted by atomic mass is 9.94. The average molecular weight is 316 g/mol. The van der Waals surface area contributed by atoms with E-state index in [2.05, 4.69) is 0 Å². The minimum absolute atomic E-state index is 0.0262. The first-order valence-electron chi connectivity index (χ1n) is 7.21. The second kappa shape index (κ2) is 7.11. The first-order chi connectivity index (χ1) is 11.0. The highest BCUT2D eigenvalue weighted by atomic mass is 16.6. The van der Waals surface area contributed by atoms with Crippen LogP contribution in [0.4, 0.5) is 5.69 Å². The lowest BCUT2D eigenvalue weighted by Crippen LogP contribution is -2.18. The maximum absolute atomic E-state index is 11.1. The maximum atomic E-state index is 11.1. The predicted molar refractivity (Wildman–Crippen MR) is 89.0 cm³/mol. The number of nitro benzene ring substituents is 1. The van der Waals surface area contributed by atoms with Crippen LogP contribution in [0.2, 0.25) is 0 Å². The van der Waals surface area contributed by atoms with Gasteiger partial charge in [-0.15, -0.1) is 0 Å². The molecule has 0 aliphatic rings. The van der Waals surface area contributed by atoms with Crippen molar-refractivity contribution in [1.82, 2.24) is 0 Å². The van der Waals surface area contributed by atoms with Crippen molar-refractivity contribution in [2.24, 2.45) is 5.73 Å². The molecule has 0 heterocycles. The second-order valence-corrected chi connectivity index (χ2v) is 5.35. The molecule has 2 N–H and O–H groups in total. The molecule has 0 fully saturated rings. The van der Waals surface area contributed by atoms with Crippen molar-refractivity contribution in [1.29, 1.82) is 0 Å². The zero-order chi connectivity index (χ0) is 17.0. The van der Waals surface area contributed by atoms with Crippen LogP contribution in [0.25, 0.3) is 11.1 Å². The van der Waals surface area contributed by atoms with Gasteiger partial charge in [0.1, 0.15) is 11.5 Å². The number of benzene rings is 2. The summed E-state index contributed by atoms with van der Waals surface area (Å²) in [5.74, 6) is 1.27. The van der Waals surface area contributed by atoms with Gasteiger partial charge >= 0.3 is 0 Å². The van der Waals surface area contributed by atoms with E-state index < -0.39 is 4.92 Å². The molecule has 0 saturated carbocycles. The molecular weight excluding hydrogens is 296 g/mol. The molecule has 0 bridgehead atoms. The van der Waals surface area contributed by atoms with Crippen molar-refractivity contribution in [2.75, 3.05) is 14.2 Å². The molecule has 0 radical (unpaired) electrons. The molecule has 1 unspecified atom stereocenters. The quantitative estimate of drug-likeness (QED) is 0.653. The number of non-ortho nitro benzene ring substituents is 1. The third-order valence-electron chi connectivity index (χ3n) is 3.54. The molecule has 0 amide bonds. The van der Waals surface area contributed by atoms with Crippen molar-refractivity contribution in [2.45, 2.75) is 19.4 Å². The predicted octanol–water partition coefficient (Wildman–Crippen LogP) is 3.17. The van der Waals surface area contributed by atoms with Crippen molar-refractivity contribution in [3.8, 4) is 22.6 Å². The molecule has 6 heteroatoms. The Labute approximate surface area is 135 Å². The Hall–Kier alpha value is -2.60. The smallest absolute Gasteiger partial charge is 0.270 e. The molecule has 2 aromatic carbocycles. The topological polar surface area (TPSA) is 87.6 Å². The summed E-state index contributed by atoms with van der Waals surface area (Å²) >= 11 is 0. The molecule has 0 aliphatic heterocycles. The highest BCUT2D eigenvalue weighted by Crippen LogP contribution is 2.37. The number of nitrogens with two attached hydrogens (primary N) is 1. The summed E-state index contributed by atoms with van der Waals surface area (Å²) in [6.07, 6.45) is 0.605. The van der Waals surface area contributed by atoms with Gasteiger partial charge in [0.2, 0.25) is 0 Å². The van der Waals surface area contributed by atoms with Gasteiger partial charge < -0.3 is 15.2 Å². The van der Waals surface area contributed by atoms with Gasteiger partial charge in [-0.25, -0.2) is 0 Å². The molecular formula is C17H20N2O4. The summed E-state index contributed by atoms with van der Waals surface area (Å²) in [5, 5.41) is 11.1. The van der Waals surface area contributed by atoms with Gasteiger partial charge in [0.05, 0.1) is 19.1 Å². The van der Waals surface area contributed by atoms with E-state index >= 15 is 0 Å². The zero-order valence-corrected chi connectivity index (χ0v) is 13.4. The Bertz CT molecular complexity index is 714. The van der Waals surface area contributed by atoms with Gasteiger partial charge in [0, 0.05) is 23.7 Å². The number of methoxy groups -OCH3 is 2. The van der Waals surface area contributed by atoms with E-state index in [-0.39, 0.29) is 11.7 Å². The van der Waals surface area contributed by atoms with Crippen LogP contribution in [0.5, 0.6) is 11.5 Å². The lowest BCUT2D eigenvalue weighted by molar-refractivity contribution is -0.384. The van der Waals surface area contributed by atoms with Crippen LogP contribution < -0.4 is 15.2 Å². The highest BCUT2D eigenvalue weighted by Gasteiger charge is 2.17. The largest absolute Gasteiger partial charge is 0.497 e. The standard InChI is InChI=1S/C17H20N2O4/c1-11(18)8-12-4-5-13(19(20)21)9-15(12)16-10-14(22-2)6-7-17(16)23-3/h4-7,9-11H,8,18H2,1-3H3. The van der Waals surface area contributed by atoms with Crippen molar-refractivity contribution >= 4 is 5.69 Å². The van der Waals surface area contributed by atoms with E-state index in [1.54, 1.807) is 38.5 Å². The Morgan fingerprint density at radius 1 is 1.13 bits per heavy atom. The van der Waals surface area contributed by atoms with E-state index in [4.69, 9.17) is 15.2 Å². The summed E-state index contributed by atoms with van der Waals surface area (Å²) in [5.41, 5.74) is 8.33. The third kappa shape index (κ3) is 3.78. The molecule has 0 aromatic heterocycles. The number of nitro groups is 1. The third-order valence-corrected chi connectivity index (χ3v) is 3.54. The van der Waals surface area contributed by atoms with Gasteiger partial charge in [-0.05, 0) is 42.7 Å². The number of nitrogens with zero attached hydrogens (tertiary/aromatic N) is 1. The fraction of sp³-hybridized carbons (Fsp3) is 0.294. The van der Waals surface area contributed by atoms with E-state index in [0.717, 1.165) is 16.7 Å². The van der Waals surface area contributed by atoms with E-state index in [1.165, 1.54) is 6.07 Å². The molecule has 1 atom stereocenters. The molecule has 23 heavy (non-hydrogen) atoms. The van der Waals surface area contributed by atoms with E-state index in [1.807, 2.05) is 13.0 Å². The Morgan fingerprint density at radius 2 is 1.87 bits per heavy atom. The zero-order valence-electron chi connectivity index (χ0n) is 13.4. The first kappa shape index (κ1) is 16.8. The number of ether oxygens (including phenoxy) is 2. The van der Waals surface area contributed by atoms with Gasteiger partial charge in [0.15, 0.2) is 0 Å². The van der Waals surface area contributed by atoms with Crippen molar-refractivity contribution in [3.63, 3.8) is 0 Å². The van der Waals surface area contributed by atoms with Crippen LogP contribution >= 0.6 is 0 Å². The normalized spacial score (nSPS) is 11.8. The van der Waals surface area contributed by atoms with Crippen LogP contribution in [0, 0.1) is 10.1 Å². The van der Waals surface area contributed by atoms with Gasteiger partial charge in [-0.3, -0.25) is 10.1 Å². The highest BCUT2D eigenvalue weighted by molar-refractivity contribution is 5.76. The number of hydrogen-bond donors (Lipinski definition) is 1. The van der Waals surface area contributed by atoms with Crippen molar-refractivity contribution < 1.29 is 14.4 Å². The Balaban J connectivity index is 2.67. The molecule has 122 valence electrons. The number of hydrogen-bond acceptors (Lipinski definition) is 5. The first-order valence-corrected chi connectivity index (χ1v) is 7.21. The summed E-state index contributed by atoms with van der Waals surface area (Å²) in [4.78, 5) is 10.7. The van der Waals surface area contributed by atoms with Crippen LogP contribution in [-0.2, 0) is 6.42 Å². The second-order valence-electron chi connectivity index (χ2n) is 5.35. The summed E-state index contributed by atoms with van der Waals surface area (Å²) < 4.78 is 10.7. The monoisotopic (exact) mass is 316 g/mol. The molecule has 6 nitrogen and oxygen atoms in total. The average Bonchev–Trinajstić information content (AvgIpc) is 2.53. The minimum atomic E-state index is -0.411. The molecule has 0 aliphatic carbocycles. The SMILES string of the molecule is COc1ccc(OC)c(-c2cc([N+](=O)[O-])ccc2CC(C)N)c1. The Kier molecular flexibility index (Phi) is 5.18. The molecule has 2 rings (SSSR count). The molecule has 0 saturated heterocycles. The van der Waals surface area contributed by atoms with Crippen LogP contribution in [0.1, 0.15) is 12.5 Å². The van der Waals surface area contributed by atoms with E-state index in [0.29, 0.717) is 17.9 Å². The van der Waals surface area contributed by atoms with E-state index in [9.17, 15) is 10.1 Å². The Morgan fingerprint density at radius 3 is 2.43 bits per heavy atom. The fourth-order valence-electron chi connectivity index (χ4n) is 2.48. The van der Waals surface area contributed by atoms with Crippen LogP contribution in [-0.4, -0.2) is 25.2 Å². The number of rotatable bonds is 6. The maximum Gasteiger partial charge on any atom is 0.270 e. The van der Waals surface area contributed by atoms with Gasteiger partial charge in [-0.1, -0.05) is 6.07 Å². The van der Waals surface area contributed by atoms with Crippen LogP contribution in [0.3, 0.4) is 0 Å². The fourth-order valence-corrected chi connectivity index (χ4v) is 2.48. The van der Waals surface area contributed by atoms with Gasteiger partial charge in [0.25, 0.3) is 5.69 Å². The molecule has 2 aromatic rings. The summed E-state index contributed by atoms with van der Waals surface area (Å²) in [6, 6.07) is 10.1. The molecule has 0 spiro atoms.